The first-order valence-corrected chi connectivity index (χ1v) is 8.18. The Balaban J connectivity index is 1.60. The molecule has 2 aliphatic carbocycles. The van der Waals surface area contributed by atoms with E-state index < -0.39 is 0 Å². The molecule has 1 aromatic carbocycles. The predicted octanol–water partition coefficient (Wildman–Crippen LogP) is 3.79. The van der Waals surface area contributed by atoms with Gasteiger partial charge in [-0.2, -0.15) is 0 Å². The predicted molar refractivity (Wildman–Crippen MR) is 84.9 cm³/mol. The van der Waals surface area contributed by atoms with Gasteiger partial charge in [0.25, 0.3) is 0 Å². The molecule has 1 unspecified atom stereocenters. The molecule has 0 spiro atoms. The van der Waals surface area contributed by atoms with Gasteiger partial charge in [0.2, 0.25) is 0 Å². The summed E-state index contributed by atoms with van der Waals surface area (Å²) in [6, 6.07) is 6.55. The summed E-state index contributed by atoms with van der Waals surface area (Å²) in [6.07, 6.45) is 5.81. The van der Waals surface area contributed by atoms with E-state index in [4.69, 9.17) is 9.47 Å². The fraction of sp³-hybridized carbons (Fsp3) is 0.667. The maximum atomic E-state index is 5.40. The number of nitrogens with one attached hydrogen (secondary N) is 1. The van der Waals surface area contributed by atoms with E-state index in [1.54, 1.807) is 14.2 Å². The zero-order valence-electron chi connectivity index (χ0n) is 13.4. The SMILES string of the molecule is COc1ccc(C(C)NCC(C2CC2)C2CC2)cc1OC. The monoisotopic (exact) mass is 289 g/mol. The van der Waals surface area contributed by atoms with Crippen LogP contribution in [0.2, 0.25) is 0 Å². The molecule has 2 fully saturated rings. The fourth-order valence-electron chi connectivity index (χ4n) is 3.32. The Hall–Kier alpha value is -1.22. The minimum atomic E-state index is 0.352. The van der Waals surface area contributed by atoms with Gasteiger partial charge in [0.15, 0.2) is 11.5 Å². The summed E-state index contributed by atoms with van der Waals surface area (Å²) < 4.78 is 10.7. The largest absolute Gasteiger partial charge is 0.493 e. The zero-order chi connectivity index (χ0) is 14.8. The molecule has 116 valence electrons. The van der Waals surface area contributed by atoms with Crippen LogP contribution >= 0.6 is 0 Å². The molecule has 0 bridgehead atoms. The van der Waals surface area contributed by atoms with E-state index in [9.17, 15) is 0 Å². The second-order valence-electron chi connectivity index (χ2n) is 6.58. The topological polar surface area (TPSA) is 30.5 Å². The van der Waals surface area contributed by atoms with Crippen LogP contribution in [0.1, 0.15) is 44.2 Å². The van der Waals surface area contributed by atoms with E-state index >= 15 is 0 Å². The molecule has 3 heteroatoms. The van der Waals surface area contributed by atoms with Gasteiger partial charge in [-0.15, -0.1) is 0 Å². The van der Waals surface area contributed by atoms with Crippen molar-refractivity contribution in [3.05, 3.63) is 23.8 Å². The van der Waals surface area contributed by atoms with Crippen LogP contribution in [0, 0.1) is 17.8 Å². The molecule has 2 saturated carbocycles. The molecule has 1 atom stereocenters. The van der Waals surface area contributed by atoms with E-state index in [1.165, 1.54) is 31.2 Å². The average Bonchev–Trinajstić information content (AvgIpc) is 3.38. The van der Waals surface area contributed by atoms with Crippen LogP contribution in [-0.2, 0) is 0 Å². The lowest BCUT2D eigenvalue weighted by molar-refractivity contribution is 0.350. The Kier molecular flexibility index (Phi) is 4.39. The highest BCUT2D eigenvalue weighted by molar-refractivity contribution is 5.43. The molecule has 3 rings (SSSR count). The van der Waals surface area contributed by atoms with Crippen LogP contribution in [0.5, 0.6) is 11.5 Å². The molecule has 2 aliphatic rings. The van der Waals surface area contributed by atoms with Gasteiger partial charge >= 0.3 is 0 Å². The highest BCUT2D eigenvalue weighted by Gasteiger charge is 2.41. The van der Waals surface area contributed by atoms with Crippen molar-refractivity contribution in [2.45, 2.75) is 38.6 Å². The smallest absolute Gasteiger partial charge is 0.161 e. The van der Waals surface area contributed by atoms with Crippen LogP contribution in [-0.4, -0.2) is 20.8 Å². The van der Waals surface area contributed by atoms with E-state index in [1.807, 2.05) is 6.07 Å². The summed E-state index contributed by atoms with van der Waals surface area (Å²) >= 11 is 0. The number of benzene rings is 1. The number of rotatable bonds is 8. The third kappa shape index (κ3) is 3.52. The van der Waals surface area contributed by atoms with Crippen LogP contribution in [0.3, 0.4) is 0 Å². The summed E-state index contributed by atoms with van der Waals surface area (Å²) in [5.41, 5.74) is 1.26. The van der Waals surface area contributed by atoms with Gasteiger partial charge in [0.1, 0.15) is 0 Å². The first kappa shape index (κ1) is 14.7. The molecule has 21 heavy (non-hydrogen) atoms. The third-order valence-corrected chi connectivity index (χ3v) is 5.02. The summed E-state index contributed by atoms with van der Waals surface area (Å²) in [5, 5.41) is 3.73. The number of hydrogen-bond acceptors (Lipinski definition) is 3. The number of methoxy groups -OCH3 is 2. The molecular weight excluding hydrogens is 262 g/mol. The standard InChI is InChI=1S/C18H27NO2/c1-12(15-8-9-17(20-2)18(10-15)21-3)19-11-16(13-4-5-13)14-6-7-14/h8-10,12-14,16,19H,4-7,11H2,1-3H3. The molecule has 3 nitrogen and oxygen atoms in total. The molecular formula is C18H27NO2. The Morgan fingerprint density at radius 2 is 1.67 bits per heavy atom. The number of ether oxygens (including phenoxy) is 2. The van der Waals surface area contributed by atoms with Gasteiger partial charge in [-0.05, 0) is 74.6 Å². The number of hydrogen-bond donors (Lipinski definition) is 1. The van der Waals surface area contributed by atoms with Crippen molar-refractivity contribution in [3.8, 4) is 11.5 Å². The van der Waals surface area contributed by atoms with Crippen LogP contribution < -0.4 is 14.8 Å². The molecule has 0 aromatic heterocycles. The van der Waals surface area contributed by atoms with Gasteiger partial charge in [-0.3, -0.25) is 0 Å². The van der Waals surface area contributed by atoms with Crippen molar-refractivity contribution >= 4 is 0 Å². The van der Waals surface area contributed by atoms with Crippen molar-refractivity contribution in [2.75, 3.05) is 20.8 Å². The highest BCUT2D eigenvalue weighted by atomic mass is 16.5. The maximum Gasteiger partial charge on any atom is 0.161 e. The van der Waals surface area contributed by atoms with Crippen LogP contribution in [0.15, 0.2) is 18.2 Å². The molecule has 0 radical (unpaired) electrons. The van der Waals surface area contributed by atoms with Gasteiger partial charge in [-0.25, -0.2) is 0 Å². The lowest BCUT2D eigenvalue weighted by atomic mass is 9.97. The van der Waals surface area contributed by atoms with Gasteiger partial charge in [-0.1, -0.05) is 6.07 Å². The quantitative estimate of drug-likeness (QED) is 0.790. The summed E-state index contributed by atoms with van der Waals surface area (Å²) in [5.74, 6) is 4.52. The Morgan fingerprint density at radius 1 is 1.05 bits per heavy atom. The van der Waals surface area contributed by atoms with E-state index in [0.717, 1.165) is 35.8 Å². The molecule has 1 aromatic rings. The molecule has 0 heterocycles. The fourth-order valence-corrected chi connectivity index (χ4v) is 3.32. The second-order valence-corrected chi connectivity index (χ2v) is 6.58. The van der Waals surface area contributed by atoms with Crippen molar-refractivity contribution in [1.82, 2.24) is 5.32 Å². The van der Waals surface area contributed by atoms with Gasteiger partial charge in [0, 0.05) is 6.04 Å². The van der Waals surface area contributed by atoms with Crippen LogP contribution in [0.25, 0.3) is 0 Å². The van der Waals surface area contributed by atoms with Crippen molar-refractivity contribution in [1.29, 1.82) is 0 Å². The van der Waals surface area contributed by atoms with Crippen molar-refractivity contribution in [2.24, 2.45) is 17.8 Å². The first-order valence-electron chi connectivity index (χ1n) is 8.18. The third-order valence-electron chi connectivity index (χ3n) is 5.02. The minimum absolute atomic E-state index is 0.352. The summed E-state index contributed by atoms with van der Waals surface area (Å²) in [4.78, 5) is 0. The van der Waals surface area contributed by atoms with Crippen LogP contribution in [0.4, 0.5) is 0 Å². The van der Waals surface area contributed by atoms with Crippen molar-refractivity contribution < 1.29 is 9.47 Å². The normalized spacial score (nSPS) is 19.6. The Labute approximate surface area is 128 Å². The summed E-state index contributed by atoms with van der Waals surface area (Å²) in [7, 11) is 3.37. The lowest BCUT2D eigenvalue weighted by Crippen LogP contribution is -2.28. The van der Waals surface area contributed by atoms with Gasteiger partial charge in [0.05, 0.1) is 14.2 Å². The Bertz CT molecular complexity index is 468. The van der Waals surface area contributed by atoms with E-state index in [0.29, 0.717) is 6.04 Å². The molecule has 0 amide bonds. The Morgan fingerprint density at radius 3 is 2.19 bits per heavy atom. The second kappa shape index (κ2) is 6.27. The average molecular weight is 289 g/mol. The van der Waals surface area contributed by atoms with E-state index in [-0.39, 0.29) is 0 Å². The molecule has 0 saturated heterocycles. The molecule has 0 aliphatic heterocycles. The van der Waals surface area contributed by atoms with Crippen molar-refractivity contribution in [3.63, 3.8) is 0 Å². The maximum absolute atomic E-state index is 5.40. The summed E-state index contributed by atoms with van der Waals surface area (Å²) in [6.45, 7) is 3.39. The molecule has 1 N–H and O–H groups in total. The highest BCUT2D eigenvalue weighted by Crippen LogP contribution is 2.49. The minimum Gasteiger partial charge on any atom is -0.493 e. The first-order chi connectivity index (χ1) is 10.2. The lowest BCUT2D eigenvalue weighted by Gasteiger charge is -2.21. The van der Waals surface area contributed by atoms with Gasteiger partial charge < -0.3 is 14.8 Å². The zero-order valence-corrected chi connectivity index (χ0v) is 13.4. The van der Waals surface area contributed by atoms with E-state index in [2.05, 4.69) is 24.4 Å².